The lowest BCUT2D eigenvalue weighted by molar-refractivity contribution is 0.568. The third-order valence-electron chi connectivity index (χ3n) is 1.77. The summed E-state index contributed by atoms with van der Waals surface area (Å²) in [6, 6.07) is 0. The van der Waals surface area contributed by atoms with Crippen LogP contribution >= 0.6 is 0 Å². The van der Waals surface area contributed by atoms with Crippen molar-refractivity contribution in [3.63, 3.8) is 0 Å². The predicted octanol–water partition coefficient (Wildman–Crippen LogP) is 1.73. The molecule has 9 heavy (non-hydrogen) atoms. The number of rotatable bonds is 1. The Hall–Kier alpha value is -0.810. The van der Waals surface area contributed by atoms with Gasteiger partial charge in [-0.05, 0) is 24.3 Å². The van der Waals surface area contributed by atoms with E-state index < -0.39 is 0 Å². The van der Waals surface area contributed by atoms with Gasteiger partial charge in [-0.2, -0.15) is 0 Å². The van der Waals surface area contributed by atoms with Gasteiger partial charge in [0.15, 0.2) is 0 Å². The number of hydrogen-bond acceptors (Lipinski definition) is 1. The molecule has 0 aliphatic heterocycles. The van der Waals surface area contributed by atoms with E-state index >= 15 is 0 Å². The van der Waals surface area contributed by atoms with Crippen LogP contribution in [0.5, 0.6) is 0 Å². The average molecular weight is 122 g/mol. The molecule has 0 amide bonds. The van der Waals surface area contributed by atoms with Gasteiger partial charge in [0.2, 0.25) is 0 Å². The van der Waals surface area contributed by atoms with Gasteiger partial charge in [0.25, 0.3) is 0 Å². The highest BCUT2D eigenvalue weighted by Gasteiger charge is 2.10. The summed E-state index contributed by atoms with van der Waals surface area (Å²) < 4.78 is 0. The van der Waals surface area contributed by atoms with E-state index in [2.05, 4.69) is 13.0 Å². The Morgan fingerprint density at radius 2 is 2.67 bits per heavy atom. The summed E-state index contributed by atoms with van der Waals surface area (Å²) in [4.78, 5) is 9.88. The molecule has 0 radical (unpaired) electrons. The highest BCUT2D eigenvalue weighted by molar-refractivity contribution is 5.53. The second-order valence-corrected chi connectivity index (χ2v) is 2.44. The van der Waals surface area contributed by atoms with Crippen molar-refractivity contribution in [1.82, 2.24) is 0 Å². The maximum Gasteiger partial charge on any atom is 0.124 e. The minimum Gasteiger partial charge on any atom is -0.233 e. The molecule has 1 unspecified atom stereocenters. The fourth-order valence-corrected chi connectivity index (χ4v) is 1.14. The molecule has 0 N–H and O–H groups in total. The summed E-state index contributed by atoms with van der Waals surface area (Å²) in [7, 11) is 0. The third-order valence-corrected chi connectivity index (χ3v) is 1.77. The summed E-state index contributed by atoms with van der Waals surface area (Å²) in [5.41, 5.74) is 1.16. The lowest BCUT2D eigenvalue weighted by atomic mass is 10.1. The van der Waals surface area contributed by atoms with Crippen molar-refractivity contribution < 1.29 is 4.79 Å². The molecule has 1 aliphatic rings. The van der Waals surface area contributed by atoms with Crippen LogP contribution in [-0.2, 0) is 4.79 Å². The first kappa shape index (κ1) is 6.31. The van der Waals surface area contributed by atoms with Gasteiger partial charge < -0.3 is 0 Å². The molecule has 1 atom stereocenters. The molecule has 1 rings (SSSR count). The lowest BCUT2D eigenvalue weighted by Crippen LogP contribution is -1.88. The van der Waals surface area contributed by atoms with Crippen LogP contribution in [0.4, 0.5) is 0 Å². The van der Waals surface area contributed by atoms with E-state index in [0.29, 0.717) is 5.92 Å². The molecule has 0 fully saturated rings. The average Bonchev–Trinajstić information content (AvgIpc) is 2.18. The molecule has 0 aromatic rings. The zero-order valence-corrected chi connectivity index (χ0v) is 5.55. The summed E-state index contributed by atoms with van der Waals surface area (Å²) in [6.45, 7) is 2.13. The van der Waals surface area contributed by atoms with Crippen LogP contribution in [-0.4, -0.2) is 5.94 Å². The molecule has 0 saturated carbocycles. The molecule has 0 spiro atoms. The largest absolute Gasteiger partial charge is 0.233 e. The van der Waals surface area contributed by atoms with E-state index in [0.717, 1.165) is 12.0 Å². The zero-order valence-electron chi connectivity index (χ0n) is 5.55. The topological polar surface area (TPSA) is 17.1 Å². The summed E-state index contributed by atoms with van der Waals surface area (Å²) >= 11 is 0. The summed E-state index contributed by atoms with van der Waals surface area (Å²) in [5, 5.41) is 0. The van der Waals surface area contributed by atoms with Crippen molar-refractivity contribution in [3.8, 4) is 0 Å². The van der Waals surface area contributed by atoms with Crippen LogP contribution in [0, 0.1) is 5.92 Å². The van der Waals surface area contributed by atoms with Crippen LogP contribution in [0.2, 0.25) is 0 Å². The fraction of sp³-hybridized carbons (Fsp3) is 0.500. The highest BCUT2D eigenvalue weighted by atomic mass is 16.1. The Balaban J connectivity index is 2.68. The normalized spacial score (nSPS) is 25.0. The molecule has 0 bridgehead atoms. The Bertz CT molecular complexity index is 173. The van der Waals surface area contributed by atoms with Crippen LogP contribution in [0.15, 0.2) is 17.7 Å². The van der Waals surface area contributed by atoms with E-state index in [1.807, 2.05) is 0 Å². The Labute approximate surface area is 55.1 Å². The zero-order chi connectivity index (χ0) is 6.69. The minimum absolute atomic E-state index is 0.575. The molecule has 0 saturated heterocycles. The van der Waals surface area contributed by atoms with Crippen molar-refractivity contribution in [3.05, 3.63) is 17.7 Å². The third kappa shape index (κ3) is 1.30. The van der Waals surface area contributed by atoms with Gasteiger partial charge in [0.05, 0.1) is 0 Å². The number of carbonyl (C=O) groups excluding carboxylic acids is 1. The van der Waals surface area contributed by atoms with Gasteiger partial charge in [-0.1, -0.05) is 13.0 Å². The van der Waals surface area contributed by atoms with Gasteiger partial charge in [-0.25, -0.2) is 4.79 Å². The van der Waals surface area contributed by atoms with Gasteiger partial charge in [0.1, 0.15) is 5.94 Å². The first-order valence-electron chi connectivity index (χ1n) is 3.25. The van der Waals surface area contributed by atoms with E-state index in [1.54, 1.807) is 5.94 Å². The second kappa shape index (κ2) is 2.65. The monoisotopic (exact) mass is 122 g/mol. The minimum atomic E-state index is 0.575. The quantitative estimate of drug-likeness (QED) is 0.484. The maximum absolute atomic E-state index is 9.88. The van der Waals surface area contributed by atoms with Gasteiger partial charge in [-0.15, -0.1) is 0 Å². The molecule has 0 aromatic heterocycles. The Morgan fingerprint density at radius 1 is 1.89 bits per heavy atom. The van der Waals surface area contributed by atoms with Crippen LogP contribution in [0.1, 0.15) is 19.8 Å². The Kier molecular flexibility index (Phi) is 1.86. The molecule has 0 aromatic carbocycles. The van der Waals surface area contributed by atoms with Crippen LogP contribution < -0.4 is 0 Å². The summed E-state index contributed by atoms with van der Waals surface area (Å²) in [5.74, 6) is 2.37. The number of allylic oxidation sites excluding steroid dienone is 3. The van der Waals surface area contributed by atoms with Crippen molar-refractivity contribution in [2.45, 2.75) is 19.8 Å². The first-order chi connectivity index (χ1) is 4.34. The van der Waals surface area contributed by atoms with Crippen LogP contribution in [0.3, 0.4) is 0 Å². The standard InChI is InChI=1S/C8H10O/c1-7-3-2-4-8(7)5-6-9/h4-5,7H,2-3H2,1H3. The molecule has 1 nitrogen and oxygen atoms in total. The van der Waals surface area contributed by atoms with Gasteiger partial charge >= 0.3 is 0 Å². The SMILES string of the molecule is CC1CCC=C1C=C=O. The van der Waals surface area contributed by atoms with Crippen molar-refractivity contribution in [1.29, 1.82) is 0 Å². The van der Waals surface area contributed by atoms with E-state index in [9.17, 15) is 4.79 Å². The van der Waals surface area contributed by atoms with Gasteiger partial charge in [0, 0.05) is 6.08 Å². The van der Waals surface area contributed by atoms with Crippen molar-refractivity contribution >= 4 is 5.94 Å². The molecule has 1 aliphatic carbocycles. The Morgan fingerprint density at radius 3 is 3.11 bits per heavy atom. The maximum atomic E-state index is 9.88. The van der Waals surface area contributed by atoms with Crippen molar-refractivity contribution in [2.75, 3.05) is 0 Å². The van der Waals surface area contributed by atoms with Crippen LogP contribution in [0.25, 0.3) is 0 Å². The fourth-order valence-electron chi connectivity index (χ4n) is 1.14. The highest BCUT2D eigenvalue weighted by Crippen LogP contribution is 2.24. The van der Waals surface area contributed by atoms with E-state index in [1.165, 1.54) is 12.5 Å². The molecule has 1 heteroatoms. The molecular weight excluding hydrogens is 112 g/mol. The lowest BCUT2D eigenvalue weighted by Gasteiger charge is -1.99. The smallest absolute Gasteiger partial charge is 0.124 e. The van der Waals surface area contributed by atoms with Gasteiger partial charge in [-0.3, -0.25) is 0 Å². The van der Waals surface area contributed by atoms with Crippen molar-refractivity contribution in [2.24, 2.45) is 5.92 Å². The van der Waals surface area contributed by atoms with E-state index in [-0.39, 0.29) is 0 Å². The number of hydrogen-bond donors (Lipinski definition) is 0. The predicted molar refractivity (Wildman–Crippen MR) is 36.7 cm³/mol. The first-order valence-corrected chi connectivity index (χ1v) is 3.25. The molecule has 48 valence electrons. The second-order valence-electron chi connectivity index (χ2n) is 2.44. The molecular formula is C8H10O. The molecule has 0 heterocycles. The summed E-state index contributed by atoms with van der Waals surface area (Å²) in [6.07, 6.45) is 5.95. The van der Waals surface area contributed by atoms with E-state index in [4.69, 9.17) is 0 Å².